The Labute approximate surface area is 174 Å². The number of aryl methyl sites for hydroxylation is 1. The molecule has 2 aromatic carbocycles. The fraction of sp³-hybridized carbons (Fsp3) is 0.348. The molecule has 30 heavy (non-hydrogen) atoms. The molecule has 0 unspecified atom stereocenters. The first-order valence-electron chi connectivity index (χ1n) is 10.3. The zero-order valence-corrected chi connectivity index (χ0v) is 16.8. The third kappa shape index (κ3) is 4.91. The molecule has 1 saturated heterocycles. The van der Waals surface area contributed by atoms with Crippen molar-refractivity contribution in [3.63, 3.8) is 0 Å². The highest BCUT2D eigenvalue weighted by Gasteiger charge is 2.19. The summed E-state index contributed by atoms with van der Waals surface area (Å²) in [7, 11) is 0. The van der Waals surface area contributed by atoms with E-state index < -0.39 is 0 Å². The maximum Gasteiger partial charge on any atom is 0.258 e. The number of rotatable bonds is 5. The van der Waals surface area contributed by atoms with Crippen molar-refractivity contribution in [3.05, 3.63) is 76.1 Å². The van der Waals surface area contributed by atoms with Crippen LogP contribution in [0.15, 0.2) is 53.3 Å². The van der Waals surface area contributed by atoms with Crippen LogP contribution in [-0.4, -0.2) is 51.9 Å². The van der Waals surface area contributed by atoms with Crippen molar-refractivity contribution in [1.82, 2.24) is 19.8 Å². The topological polar surface area (TPSA) is 69.3 Å². The van der Waals surface area contributed by atoms with Crippen LogP contribution in [0.4, 0.5) is 4.39 Å². The largest absolute Gasteiger partial charge is 0.341 e. The lowest BCUT2D eigenvalue weighted by molar-refractivity contribution is -0.131. The van der Waals surface area contributed by atoms with Crippen LogP contribution in [0.2, 0.25) is 0 Å². The first kappa shape index (κ1) is 20.2. The number of amides is 1. The first-order chi connectivity index (χ1) is 14.6. The number of hydrogen-bond acceptors (Lipinski definition) is 4. The van der Waals surface area contributed by atoms with Crippen LogP contribution in [0.3, 0.4) is 0 Å². The van der Waals surface area contributed by atoms with E-state index in [0.29, 0.717) is 36.1 Å². The van der Waals surface area contributed by atoms with Gasteiger partial charge < -0.3 is 9.88 Å². The fourth-order valence-corrected chi connectivity index (χ4v) is 3.86. The monoisotopic (exact) mass is 408 g/mol. The summed E-state index contributed by atoms with van der Waals surface area (Å²) >= 11 is 0. The SMILES string of the molecule is O=C(CCc1nc2ccccc2c(=O)[nH]1)N1CCCN(Cc2ccc(F)cc2)CC1. The van der Waals surface area contributed by atoms with Gasteiger partial charge >= 0.3 is 0 Å². The number of aromatic amines is 1. The third-order valence-electron chi connectivity index (χ3n) is 5.50. The molecule has 1 aromatic heterocycles. The van der Waals surface area contributed by atoms with Crippen molar-refractivity contribution >= 4 is 16.8 Å². The number of carbonyl (C=O) groups is 1. The van der Waals surface area contributed by atoms with Gasteiger partial charge in [0.2, 0.25) is 5.91 Å². The molecule has 1 fully saturated rings. The van der Waals surface area contributed by atoms with Crippen molar-refractivity contribution < 1.29 is 9.18 Å². The van der Waals surface area contributed by atoms with E-state index in [1.54, 1.807) is 30.3 Å². The molecular formula is C23H25FN4O2. The highest BCUT2D eigenvalue weighted by Crippen LogP contribution is 2.12. The molecule has 7 heteroatoms. The second kappa shape index (κ2) is 9.17. The Bertz CT molecular complexity index is 1080. The molecule has 2 heterocycles. The summed E-state index contributed by atoms with van der Waals surface area (Å²) in [4.78, 5) is 36.3. The summed E-state index contributed by atoms with van der Waals surface area (Å²) in [6, 6.07) is 13.8. The Balaban J connectivity index is 1.32. The van der Waals surface area contributed by atoms with Gasteiger partial charge in [-0.25, -0.2) is 9.37 Å². The Hall–Kier alpha value is -3.06. The summed E-state index contributed by atoms with van der Waals surface area (Å²) < 4.78 is 13.1. The first-order valence-corrected chi connectivity index (χ1v) is 10.3. The summed E-state index contributed by atoms with van der Waals surface area (Å²) in [6.07, 6.45) is 1.63. The van der Waals surface area contributed by atoms with Crippen molar-refractivity contribution in [2.75, 3.05) is 26.2 Å². The van der Waals surface area contributed by atoms with Gasteiger partial charge in [-0.2, -0.15) is 0 Å². The predicted octanol–water partition coefficient (Wildman–Crippen LogP) is 2.73. The lowest BCUT2D eigenvalue weighted by Crippen LogP contribution is -2.35. The lowest BCUT2D eigenvalue weighted by Gasteiger charge is -2.22. The molecule has 1 amide bonds. The number of para-hydroxylation sites is 1. The minimum Gasteiger partial charge on any atom is -0.341 e. The zero-order chi connectivity index (χ0) is 20.9. The number of aromatic nitrogens is 2. The average Bonchev–Trinajstić information content (AvgIpc) is 2.99. The maximum atomic E-state index is 13.1. The number of nitrogens with one attached hydrogen (secondary N) is 1. The van der Waals surface area contributed by atoms with Crippen LogP contribution in [0, 0.1) is 5.82 Å². The molecule has 0 saturated carbocycles. The highest BCUT2D eigenvalue weighted by atomic mass is 19.1. The van der Waals surface area contributed by atoms with Crippen LogP contribution >= 0.6 is 0 Å². The second-order valence-corrected chi connectivity index (χ2v) is 7.67. The lowest BCUT2D eigenvalue weighted by atomic mass is 10.2. The molecule has 3 aromatic rings. The molecule has 6 nitrogen and oxygen atoms in total. The third-order valence-corrected chi connectivity index (χ3v) is 5.50. The van der Waals surface area contributed by atoms with E-state index in [4.69, 9.17) is 0 Å². The van der Waals surface area contributed by atoms with Gasteiger partial charge in [-0.05, 0) is 36.2 Å². The summed E-state index contributed by atoms with van der Waals surface area (Å²) in [5.41, 5.74) is 1.55. The van der Waals surface area contributed by atoms with Gasteiger partial charge in [0.15, 0.2) is 0 Å². The van der Waals surface area contributed by atoms with Gasteiger partial charge in [-0.15, -0.1) is 0 Å². The number of fused-ring (bicyclic) bond motifs is 1. The van der Waals surface area contributed by atoms with Crippen LogP contribution in [0.5, 0.6) is 0 Å². The number of hydrogen-bond donors (Lipinski definition) is 1. The molecule has 0 spiro atoms. The molecule has 0 bridgehead atoms. The van der Waals surface area contributed by atoms with E-state index in [1.807, 2.05) is 11.0 Å². The molecule has 1 aliphatic heterocycles. The molecule has 4 rings (SSSR count). The summed E-state index contributed by atoms with van der Waals surface area (Å²) in [6.45, 7) is 3.83. The number of benzene rings is 2. The standard InChI is InChI=1S/C23H25FN4O2/c24-18-8-6-17(7-9-18)16-27-12-3-13-28(15-14-27)22(29)11-10-21-25-20-5-2-1-4-19(20)23(30)26-21/h1-2,4-9H,3,10-16H2,(H,25,26,30). The van der Waals surface area contributed by atoms with E-state index in [-0.39, 0.29) is 17.3 Å². The van der Waals surface area contributed by atoms with Crippen molar-refractivity contribution in [2.24, 2.45) is 0 Å². The van der Waals surface area contributed by atoms with Gasteiger partial charge in [-0.1, -0.05) is 24.3 Å². The van der Waals surface area contributed by atoms with Crippen molar-refractivity contribution in [3.8, 4) is 0 Å². The quantitative estimate of drug-likeness (QED) is 0.705. The Kier molecular flexibility index (Phi) is 6.18. The van der Waals surface area contributed by atoms with Crippen LogP contribution in [0.1, 0.15) is 24.2 Å². The van der Waals surface area contributed by atoms with E-state index >= 15 is 0 Å². The minimum atomic E-state index is -0.228. The maximum absolute atomic E-state index is 13.1. The van der Waals surface area contributed by atoms with Gasteiger partial charge in [0.1, 0.15) is 11.6 Å². The average molecular weight is 408 g/mol. The van der Waals surface area contributed by atoms with Gasteiger partial charge in [0.25, 0.3) is 5.56 Å². The smallest absolute Gasteiger partial charge is 0.258 e. The normalized spacial score (nSPS) is 15.3. The Morgan fingerprint density at radius 3 is 2.67 bits per heavy atom. The molecular weight excluding hydrogens is 383 g/mol. The van der Waals surface area contributed by atoms with Crippen LogP contribution in [0.25, 0.3) is 10.9 Å². The summed E-state index contributed by atoms with van der Waals surface area (Å²) in [5.74, 6) is 0.392. The zero-order valence-electron chi connectivity index (χ0n) is 16.8. The molecule has 1 aliphatic rings. The van der Waals surface area contributed by atoms with Gasteiger partial charge in [0, 0.05) is 45.6 Å². The fourth-order valence-electron chi connectivity index (χ4n) is 3.86. The highest BCUT2D eigenvalue weighted by molar-refractivity contribution is 5.78. The van der Waals surface area contributed by atoms with E-state index in [9.17, 15) is 14.0 Å². The molecule has 0 radical (unpaired) electrons. The molecule has 156 valence electrons. The number of halogens is 1. The molecule has 1 N–H and O–H groups in total. The molecule has 0 aliphatic carbocycles. The van der Waals surface area contributed by atoms with Gasteiger partial charge in [-0.3, -0.25) is 14.5 Å². The number of nitrogens with zero attached hydrogens (tertiary/aromatic N) is 3. The number of H-pyrrole nitrogens is 1. The molecule has 0 atom stereocenters. The Morgan fingerprint density at radius 1 is 1.03 bits per heavy atom. The van der Waals surface area contributed by atoms with E-state index in [0.717, 1.165) is 38.2 Å². The summed E-state index contributed by atoms with van der Waals surface area (Å²) in [5, 5.41) is 0.557. The predicted molar refractivity (Wildman–Crippen MR) is 114 cm³/mol. The van der Waals surface area contributed by atoms with Crippen LogP contribution < -0.4 is 5.56 Å². The van der Waals surface area contributed by atoms with Crippen molar-refractivity contribution in [1.29, 1.82) is 0 Å². The van der Waals surface area contributed by atoms with E-state index in [1.165, 1.54) is 12.1 Å². The van der Waals surface area contributed by atoms with Crippen molar-refractivity contribution in [2.45, 2.75) is 25.8 Å². The second-order valence-electron chi connectivity index (χ2n) is 7.67. The van der Waals surface area contributed by atoms with E-state index in [2.05, 4.69) is 14.9 Å². The minimum absolute atomic E-state index is 0.0782. The number of carbonyl (C=O) groups excluding carboxylic acids is 1. The van der Waals surface area contributed by atoms with Gasteiger partial charge in [0.05, 0.1) is 10.9 Å². The van der Waals surface area contributed by atoms with Crippen LogP contribution in [-0.2, 0) is 17.8 Å². The Morgan fingerprint density at radius 2 is 1.83 bits per heavy atom.